The first-order valence-electron chi connectivity index (χ1n) is 4.77. The van der Waals surface area contributed by atoms with Crippen molar-refractivity contribution in [3.8, 4) is 0 Å². The lowest BCUT2D eigenvalue weighted by molar-refractivity contribution is 0.275. The Balaban J connectivity index is 3.13. The van der Waals surface area contributed by atoms with E-state index in [1.807, 2.05) is 18.2 Å². The molecule has 1 aromatic carbocycles. The standard InChI is InChI=1S/C11H16BrClN2/c1-11(2,3)10(15-14)8-5-4-7(12)6-9(8)13/h4-6,10,15H,14H2,1-3H3. The van der Waals surface area contributed by atoms with Crippen LogP contribution in [-0.4, -0.2) is 0 Å². The topological polar surface area (TPSA) is 38.0 Å². The Morgan fingerprint density at radius 3 is 2.40 bits per heavy atom. The fourth-order valence-electron chi connectivity index (χ4n) is 1.54. The molecule has 0 fully saturated rings. The van der Waals surface area contributed by atoms with Crippen molar-refractivity contribution in [2.75, 3.05) is 0 Å². The third kappa shape index (κ3) is 3.18. The predicted octanol–water partition coefficient (Wildman–Crippen LogP) is 3.65. The average molecular weight is 292 g/mol. The molecule has 84 valence electrons. The van der Waals surface area contributed by atoms with Gasteiger partial charge in [0.05, 0.1) is 6.04 Å². The SMILES string of the molecule is CC(C)(C)C(NN)c1ccc(Br)cc1Cl. The van der Waals surface area contributed by atoms with Gasteiger partial charge in [0.1, 0.15) is 0 Å². The summed E-state index contributed by atoms with van der Waals surface area (Å²) < 4.78 is 0.973. The average Bonchev–Trinajstić information content (AvgIpc) is 2.07. The Hall–Kier alpha value is -0.0900. The molecular formula is C11H16BrClN2. The third-order valence-electron chi connectivity index (χ3n) is 2.31. The van der Waals surface area contributed by atoms with Gasteiger partial charge in [-0.1, -0.05) is 54.4 Å². The second-order valence-electron chi connectivity index (χ2n) is 4.63. The van der Waals surface area contributed by atoms with Gasteiger partial charge < -0.3 is 0 Å². The summed E-state index contributed by atoms with van der Waals surface area (Å²) in [6.07, 6.45) is 0. The van der Waals surface area contributed by atoms with Crippen LogP contribution in [0, 0.1) is 5.41 Å². The normalized spacial score (nSPS) is 14.0. The highest BCUT2D eigenvalue weighted by atomic mass is 79.9. The quantitative estimate of drug-likeness (QED) is 0.645. The van der Waals surface area contributed by atoms with E-state index in [-0.39, 0.29) is 11.5 Å². The van der Waals surface area contributed by atoms with Crippen molar-refractivity contribution in [3.05, 3.63) is 33.3 Å². The first-order chi connectivity index (χ1) is 6.86. The zero-order chi connectivity index (χ0) is 11.6. The summed E-state index contributed by atoms with van der Waals surface area (Å²) in [6.45, 7) is 6.36. The molecule has 2 nitrogen and oxygen atoms in total. The van der Waals surface area contributed by atoms with Crippen molar-refractivity contribution in [1.29, 1.82) is 0 Å². The number of benzene rings is 1. The minimum absolute atomic E-state index is 0.0201. The smallest absolute Gasteiger partial charge is 0.0523 e. The lowest BCUT2D eigenvalue weighted by Crippen LogP contribution is -2.37. The highest BCUT2D eigenvalue weighted by Gasteiger charge is 2.26. The summed E-state index contributed by atoms with van der Waals surface area (Å²) in [5.41, 5.74) is 3.86. The van der Waals surface area contributed by atoms with E-state index < -0.39 is 0 Å². The van der Waals surface area contributed by atoms with Crippen LogP contribution in [0.5, 0.6) is 0 Å². The van der Waals surface area contributed by atoms with E-state index >= 15 is 0 Å². The minimum Gasteiger partial charge on any atom is -0.271 e. The van der Waals surface area contributed by atoms with Gasteiger partial charge in [0.15, 0.2) is 0 Å². The van der Waals surface area contributed by atoms with Crippen molar-refractivity contribution in [2.45, 2.75) is 26.8 Å². The van der Waals surface area contributed by atoms with Gasteiger partial charge in [-0.3, -0.25) is 11.3 Å². The summed E-state index contributed by atoms with van der Waals surface area (Å²) in [5, 5.41) is 0.724. The number of nitrogens with two attached hydrogens (primary N) is 1. The van der Waals surface area contributed by atoms with Gasteiger partial charge in [0.25, 0.3) is 0 Å². The van der Waals surface area contributed by atoms with E-state index in [4.69, 9.17) is 17.4 Å². The number of nitrogens with one attached hydrogen (secondary N) is 1. The predicted molar refractivity (Wildman–Crippen MR) is 68.7 cm³/mol. The molecule has 4 heteroatoms. The van der Waals surface area contributed by atoms with E-state index in [9.17, 15) is 0 Å². The van der Waals surface area contributed by atoms with Crippen LogP contribution >= 0.6 is 27.5 Å². The van der Waals surface area contributed by atoms with Crippen LogP contribution in [0.4, 0.5) is 0 Å². The van der Waals surface area contributed by atoms with Crippen molar-refractivity contribution in [3.63, 3.8) is 0 Å². The van der Waals surface area contributed by atoms with E-state index in [0.717, 1.165) is 15.1 Å². The highest BCUT2D eigenvalue weighted by molar-refractivity contribution is 9.10. The Bertz CT molecular complexity index is 347. The van der Waals surface area contributed by atoms with Crippen molar-refractivity contribution in [2.24, 2.45) is 11.3 Å². The van der Waals surface area contributed by atoms with Crippen LogP contribution in [0.25, 0.3) is 0 Å². The molecule has 0 bridgehead atoms. The zero-order valence-corrected chi connectivity index (χ0v) is 11.5. The first-order valence-corrected chi connectivity index (χ1v) is 5.94. The van der Waals surface area contributed by atoms with E-state index in [1.54, 1.807) is 0 Å². The fraction of sp³-hybridized carbons (Fsp3) is 0.455. The fourth-order valence-corrected chi connectivity index (χ4v) is 2.32. The molecule has 0 amide bonds. The Morgan fingerprint density at radius 1 is 1.40 bits per heavy atom. The van der Waals surface area contributed by atoms with E-state index in [2.05, 4.69) is 42.1 Å². The Kier molecular flexibility index (Phi) is 4.18. The summed E-state index contributed by atoms with van der Waals surface area (Å²) in [6, 6.07) is 5.88. The molecule has 0 aliphatic heterocycles. The molecule has 0 aliphatic rings. The zero-order valence-electron chi connectivity index (χ0n) is 9.14. The molecule has 0 spiro atoms. The summed E-state index contributed by atoms with van der Waals surface area (Å²) in [4.78, 5) is 0. The number of rotatable bonds is 2. The summed E-state index contributed by atoms with van der Waals surface area (Å²) in [7, 11) is 0. The second kappa shape index (κ2) is 4.83. The number of hydrogen-bond donors (Lipinski definition) is 2. The molecule has 0 saturated heterocycles. The highest BCUT2D eigenvalue weighted by Crippen LogP contribution is 2.36. The lowest BCUT2D eigenvalue weighted by Gasteiger charge is -2.31. The molecule has 15 heavy (non-hydrogen) atoms. The first kappa shape index (κ1) is 13.0. The van der Waals surface area contributed by atoms with Gasteiger partial charge in [0.2, 0.25) is 0 Å². The molecule has 0 radical (unpaired) electrons. The molecule has 1 unspecified atom stereocenters. The van der Waals surface area contributed by atoms with Gasteiger partial charge in [-0.05, 0) is 23.1 Å². The molecule has 0 aromatic heterocycles. The van der Waals surface area contributed by atoms with Gasteiger partial charge >= 0.3 is 0 Å². The van der Waals surface area contributed by atoms with Crippen LogP contribution in [0.3, 0.4) is 0 Å². The maximum atomic E-state index is 6.18. The second-order valence-corrected chi connectivity index (χ2v) is 5.95. The molecular weight excluding hydrogens is 275 g/mol. The van der Waals surface area contributed by atoms with Crippen LogP contribution in [-0.2, 0) is 0 Å². The van der Waals surface area contributed by atoms with E-state index in [1.165, 1.54) is 0 Å². The molecule has 1 aromatic rings. The minimum atomic E-state index is 0.0201. The number of hydrazine groups is 1. The van der Waals surface area contributed by atoms with Crippen molar-refractivity contribution >= 4 is 27.5 Å². The Labute approximate surface area is 104 Å². The van der Waals surface area contributed by atoms with Gasteiger partial charge in [-0.2, -0.15) is 0 Å². The van der Waals surface area contributed by atoms with Crippen molar-refractivity contribution in [1.82, 2.24) is 5.43 Å². The third-order valence-corrected chi connectivity index (χ3v) is 3.13. The Morgan fingerprint density at radius 2 is 2.00 bits per heavy atom. The number of hydrogen-bond acceptors (Lipinski definition) is 2. The van der Waals surface area contributed by atoms with E-state index in [0.29, 0.717) is 0 Å². The molecule has 1 atom stereocenters. The maximum absolute atomic E-state index is 6.18. The molecule has 0 aliphatic carbocycles. The molecule has 0 saturated carbocycles. The number of halogens is 2. The molecule has 0 heterocycles. The monoisotopic (exact) mass is 290 g/mol. The summed E-state index contributed by atoms with van der Waals surface area (Å²) >= 11 is 9.57. The van der Waals surface area contributed by atoms with Gasteiger partial charge in [0, 0.05) is 9.50 Å². The maximum Gasteiger partial charge on any atom is 0.0523 e. The van der Waals surface area contributed by atoms with Crippen LogP contribution in [0.15, 0.2) is 22.7 Å². The molecule has 3 N–H and O–H groups in total. The van der Waals surface area contributed by atoms with Crippen LogP contribution < -0.4 is 11.3 Å². The van der Waals surface area contributed by atoms with Gasteiger partial charge in [-0.25, -0.2) is 0 Å². The van der Waals surface area contributed by atoms with Crippen LogP contribution in [0.2, 0.25) is 5.02 Å². The lowest BCUT2D eigenvalue weighted by atomic mass is 9.83. The van der Waals surface area contributed by atoms with Crippen molar-refractivity contribution < 1.29 is 0 Å². The largest absolute Gasteiger partial charge is 0.271 e. The molecule has 1 rings (SSSR count). The van der Waals surface area contributed by atoms with Gasteiger partial charge in [-0.15, -0.1) is 0 Å². The van der Waals surface area contributed by atoms with Crippen LogP contribution in [0.1, 0.15) is 32.4 Å². The summed E-state index contributed by atoms with van der Waals surface area (Å²) in [5.74, 6) is 5.58.